The van der Waals surface area contributed by atoms with Crippen LogP contribution in [0.3, 0.4) is 0 Å². The molecular formula is C21H26Cl2N4O2. The van der Waals surface area contributed by atoms with Crippen LogP contribution in [0.4, 0.5) is 5.95 Å². The van der Waals surface area contributed by atoms with Crippen LogP contribution in [0.5, 0.6) is 11.5 Å². The van der Waals surface area contributed by atoms with Gasteiger partial charge < -0.3 is 20.1 Å². The van der Waals surface area contributed by atoms with Crippen LogP contribution >= 0.6 is 24.8 Å². The van der Waals surface area contributed by atoms with Crippen molar-refractivity contribution >= 4 is 30.8 Å². The molecule has 0 fully saturated rings. The monoisotopic (exact) mass is 436 g/mol. The molecule has 2 aromatic carbocycles. The molecule has 2 N–H and O–H groups in total. The molecule has 0 bridgehead atoms. The van der Waals surface area contributed by atoms with Crippen LogP contribution in [0.25, 0.3) is 0 Å². The first-order valence-electron chi connectivity index (χ1n) is 8.74. The van der Waals surface area contributed by atoms with E-state index in [0.717, 1.165) is 28.3 Å². The fourth-order valence-electron chi connectivity index (χ4n) is 2.75. The van der Waals surface area contributed by atoms with Crippen LogP contribution < -0.4 is 20.1 Å². The zero-order valence-corrected chi connectivity index (χ0v) is 18.1. The Morgan fingerprint density at radius 1 is 0.793 bits per heavy atom. The van der Waals surface area contributed by atoms with E-state index in [1.165, 1.54) is 0 Å². The minimum absolute atomic E-state index is 0. The van der Waals surface area contributed by atoms with Gasteiger partial charge in [-0.25, -0.2) is 9.97 Å². The third-order valence-electron chi connectivity index (χ3n) is 4.26. The quantitative estimate of drug-likeness (QED) is 0.574. The second-order valence-electron chi connectivity index (χ2n) is 6.10. The molecule has 0 amide bonds. The van der Waals surface area contributed by atoms with Crippen molar-refractivity contribution in [1.82, 2.24) is 9.97 Å². The molecule has 29 heavy (non-hydrogen) atoms. The molecule has 0 aliphatic rings. The molecule has 0 aliphatic heterocycles. The van der Waals surface area contributed by atoms with Crippen molar-refractivity contribution in [3.05, 3.63) is 77.6 Å². The van der Waals surface area contributed by atoms with Crippen molar-refractivity contribution in [2.24, 2.45) is 5.73 Å². The van der Waals surface area contributed by atoms with E-state index < -0.39 is 0 Å². The lowest BCUT2D eigenvalue weighted by atomic mass is 10.1. The van der Waals surface area contributed by atoms with Gasteiger partial charge in [-0.15, -0.1) is 24.8 Å². The summed E-state index contributed by atoms with van der Waals surface area (Å²) < 4.78 is 10.5. The highest BCUT2D eigenvalue weighted by Crippen LogP contribution is 2.20. The largest absolute Gasteiger partial charge is 0.497 e. The van der Waals surface area contributed by atoms with Gasteiger partial charge in [-0.05, 0) is 41.5 Å². The maximum Gasteiger partial charge on any atom is 0.226 e. The lowest BCUT2D eigenvalue weighted by Gasteiger charge is -2.23. The minimum atomic E-state index is 0. The molecule has 6 nitrogen and oxygen atoms in total. The molecule has 0 atom stereocenters. The first kappa shape index (κ1) is 24.5. The van der Waals surface area contributed by atoms with Gasteiger partial charge in [0.2, 0.25) is 5.95 Å². The van der Waals surface area contributed by atoms with Gasteiger partial charge in [0.25, 0.3) is 0 Å². The number of nitrogens with zero attached hydrogens (tertiary/aromatic N) is 3. The van der Waals surface area contributed by atoms with Gasteiger partial charge in [-0.3, -0.25) is 0 Å². The van der Waals surface area contributed by atoms with Gasteiger partial charge in [0.05, 0.1) is 19.9 Å². The molecule has 0 unspecified atom stereocenters. The number of methoxy groups -OCH3 is 2. The van der Waals surface area contributed by atoms with Crippen molar-refractivity contribution in [3.63, 3.8) is 0 Å². The average Bonchev–Trinajstić information content (AvgIpc) is 2.74. The first-order chi connectivity index (χ1) is 13.2. The van der Waals surface area contributed by atoms with Crippen LogP contribution in [0.2, 0.25) is 0 Å². The molecule has 0 spiro atoms. The van der Waals surface area contributed by atoms with E-state index in [9.17, 15) is 0 Å². The molecule has 3 rings (SSSR count). The maximum atomic E-state index is 5.75. The summed E-state index contributed by atoms with van der Waals surface area (Å²) in [6.07, 6.45) is 1.75. The van der Waals surface area contributed by atoms with E-state index >= 15 is 0 Å². The van der Waals surface area contributed by atoms with Crippen LogP contribution in [0.1, 0.15) is 16.8 Å². The normalized spacial score (nSPS) is 9.76. The molecule has 1 aromatic heterocycles. The van der Waals surface area contributed by atoms with E-state index in [2.05, 4.69) is 14.9 Å². The Kier molecular flexibility index (Phi) is 10.2. The zero-order valence-electron chi connectivity index (χ0n) is 16.4. The Hall–Kier alpha value is -2.54. The Labute approximate surface area is 183 Å². The average molecular weight is 437 g/mol. The molecule has 0 radical (unpaired) electrons. The van der Waals surface area contributed by atoms with Gasteiger partial charge in [0.15, 0.2) is 0 Å². The predicted molar refractivity (Wildman–Crippen MR) is 120 cm³/mol. The number of halogens is 2. The predicted octanol–water partition coefficient (Wildman–Crippen LogP) is 4.00. The molecule has 0 saturated heterocycles. The van der Waals surface area contributed by atoms with Gasteiger partial charge in [-0.2, -0.15) is 0 Å². The van der Waals surface area contributed by atoms with Crippen molar-refractivity contribution < 1.29 is 9.47 Å². The number of hydrogen-bond donors (Lipinski definition) is 1. The van der Waals surface area contributed by atoms with Crippen LogP contribution in [0, 0.1) is 0 Å². The summed E-state index contributed by atoms with van der Waals surface area (Å²) in [5, 5.41) is 0. The number of benzene rings is 2. The lowest BCUT2D eigenvalue weighted by Crippen LogP contribution is -2.24. The fourth-order valence-corrected chi connectivity index (χ4v) is 2.75. The van der Waals surface area contributed by atoms with Crippen LogP contribution in [-0.4, -0.2) is 24.2 Å². The number of anilines is 1. The molecule has 156 valence electrons. The van der Waals surface area contributed by atoms with Crippen LogP contribution in [0.15, 0.2) is 60.8 Å². The van der Waals surface area contributed by atoms with Crippen molar-refractivity contribution in [2.45, 2.75) is 19.6 Å². The van der Waals surface area contributed by atoms with E-state index in [-0.39, 0.29) is 24.8 Å². The SMILES string of the molecule is COc1ccc(CN(Cc2ccc(OC)cc2)c2nccc(CN)n2)cc1.Cl.Cl. The summed E-state index contributed by atoms with van der Waals surface area (Å²) in [7, 11) is 3.33. The van der Waals surface area contributed by atoms with E-state index in [1.807, 2.05) is 54.6 Å². The first-order valence-corrected chi connectivity index (χ1v) is 8.74. The highest BCUT2D eigenvalue weighted by atomic mass is 35.5. The van der Waals surface area contributed by atoms with E-state index in [1.54, 1.807) is 20.4 Å². The molecule has 1 heterocycles. The summed E-state index contributed by atoms with van der Waals surface area (Å²) in [4.78, 5) is 11.2. The number of rotatable bonds is 8. The zero-order chi connectivity index (χ0) is 19.1. The number of ether oxygens (including phenoxy) is 2. The Bertz CT molecular complexity index is 812. The Morgan fingerprint density at radius 2 is 1.28 bits per heavy atom. The van der Waals surface area contributed by atoms with Crippen molar-refractivity contribution in [2.75, 3.05) is 19.1 Å². The summed E-state index contributed by atoms with van der Waals surface area (Å²) in [5.74, 6) is 2.33. The highest BCUT2D eigenvalue weighted by molar-refractivity contribution is 5.85. The molecule has 0 aliphatic carbocycles. The number of hydrogen-bond acceptors (Lipinski definition) is 6. The smallest absolute Gasteiger partial charge is 0.226 e. The third kappa shape index (κ3) is 6.78. The Morgan fingerprint density at radius 3 is 1.69 bits per heavy atom. The van der Waals surface area contributed by atoms with Gasteiger partial charge >= 0.3 is 0 Å². The third-order valence-corrected chi connectivity index (χ3v) is 4.26. The van der Waals surface area contributed by atoms with Crippen molar-refractivity contribution in [1.29, 1.82) is 0 Å². The summed E-state index contributed by atoms with van der Waals surface area (Å²) in [6.45, 7) is 1.72. The van der Waals surface area contributed by atoms with Gasteiger partial charge in [0.1, 0.15) is 11.5 Å². The Balaban J connectivity index is 0.00000210. The minimum Gasteiger partial charge on any atom is -0.497 e. The maximum absolute atomic E-state index is 5.75. The van der Waals surface area contributed by atoms with Crippen LogP contribution in [-0.2, 0) is 19.6 Å². The molecular weight excluding hydrogens is 411 g/mol. The van der Waals surface area contributed by atoms with Crippen molar-refractivity contribution in [3.8, 4) is 11.5 Å². The molecule has 3 aromatic rings. The molecule has 0 saturated carbocycles. The standard InChI is InChI=1S/C21H24N4O2.2ClH/c1-26-19-7-3-16(4-8-19)14-25(21-23-12-11-18(13-22)24-21)15-17-5-9-20(27-2)10-6-17;;/h3-12H,13-15,22H2,1-2H3;2*1H. The number of aromatic nitrogens is 2. The second kappa shape index (κ2) is 12.1. The lowest BCUT2D eigenvalue weighted by molar-refractivity contribution is 0.414. The topological polar surface area (TPSA) is 73.5 Å². The van der Waals surface area contributed by atoms with E-state index in [4.69, 9.17) is 15.2 Å². The summed E-state index contributed by atoms with van der Waals surface area (Å²) in [5.41, 5.74) is 8.85. The fraction of sp³-hybridized carbons (Fsp3) is 0.238. The summed E-state index contributed by atoms with van der Waals surface area (Å²) >= 11 is 0. The number of nitrogens with two attached hydrogens (primary N) is 1. The van der Waals surface area contributed by atoms with Gasteiger partial charge in [-0.1, -0.05) is 24.3 Å². The molecule has 8 heteroatoms. The highest BCUT2D eigenvalue weighted by Gasteiger charge is 2.12. The summed E-state index contributed by atoms with van der Waals surface area (Å²) in [6, 6.07) is 17.9. The van der Waals surface area contributed by atoms with Gasteiger partial charge in [0, 0.05) is 25.8 Å². The van der Waals surface area contributed by atoms with E-state index in [0.29, 0.717) is 25.6 Å². The second-order valence-corrected chi connectivity index (χ2v) is 6.10.